The van der Waals surface area contributed by atoms with Crippen LogP contribution >= 0.6 is 0 Å². The van der Waals surface area contributed by atoms with Gasteiger partial charge in [0.2, 0.25) is 0 Å². The summed E-state index contributed by atoms with van der Waals surface area (Å²) < 4.78 is 2.31. The molecule has 0 spiro atoms. The van der Waals surface area contributed by atoms with Crippen LogP contribution < -0.4 is 5.32 Å². The van der Waals surface area contributed by atoms with Crippen molar-refractivity contribution in [3.63, 3.8) is 0 Å². The molecule has 2 amide bonds. The second kappa shape index (κ2) is 8.25. The van der Waals surface area contributed by atoms with E-state index in [1.807, 2.05) is 53.6 Å². The lowest BCUT2D eigenvalue weighted by atomic mass is 10.0. The summed E-state index contributed by atoms with van der Waals surface area (Å²) in [6.45, 7) is 4.15. The van der Waals surface area contributed by atoms with Gasteiger partial charge in [0.15, 0.2) is 0 Å². The van der Waals surface area contributed by atoms with E-state index in [1.54, 1.807) is 12.4 Å². The number of amides is 2. The molecule has 0 atom stereocenters. The number of urea groups is 1. The fourth-order valence-electron chi connectivity index (χ4n) is 3.83. The first kappa shape index (κ1) is 18.2. The molecular weight excluding hydrogens is 350 g/mol. The highest BCUT2D eigenvalue weighted by molar-refractivity contribution is 5.74. The number of pyridine rings is 1. The zero-order valence-corrected chi connectivity index (χ0v) is 16.1. The van der Waals surface area contributed by atoms with Gasteiger partial charge in [0.25, 0.3) is 0 Å². The summed E-state index contributed by atoms with van der Waals surface area (Å²) in [6.07, 6.45) is 7.36. The monoisotopic (exact) mass is 375 g/mol. The molecule has 1 aromatic carbocycles. The third kappa shape index (κ3) is 3.91. The number of aromatic nitrogens is 3. The average molecular weight is 375 g/mol. The van der Waals surface area contributed by atoms with Crippen LogP contribution in [0.25, 0.3) is 11.4 Å². The van der Waals surface area contributed by atoms with Crippen LogP contribution in [0.2, 0.25) is 0 Å². The van der Waals surface area contributed by atoms with E-state index in [2.05, 4.69) is 26.8 Å². The first-order valence-electron chi connectivity index (χ1n) is 9.73. The fraction of sp³-hybridized carbons (Fsp3) is 0.318. The lowest BCUT2D eigenvalue weighted by Gasteiger charge is -2.34. The molecule has 2 aromatic heterocycles. The summed E-state index contributed by atoms with van der Waals surface area (Å²) in [5, 5.41) is 3.03. The van der Waals surface area contributed by atoms with Crippen LogP contribution in [0.4, 0.5) is 4.79 Å². The molecule has 144 valence electrons. The Hall–Kier alpha value is -3.15. The van der Waals surface area contributed by atoms with E-state index < -0.39 is 0 Å². The number of hydrogen-bond donors (Lipinski definition) is 1. The predicted molar refractivity (Wildman–Crippen MR) is 109 cm³/mol. The van der Waals surface area contributed by atoms with Gasteiger partial charge in [-0.3, -0.25) is 4.98 Å². The van der Waals surface area contributed by atoms with Crippen molar-refractivity contribution in [1.29, 1.82) is 0 Å². The van der Waals surface area contributed by atoms with Gasteiger partial charge < -0.3 is 14.8 Å². The zero-order valence-electron chi connectivity index (χ0n) is 16.1. The van der Waals surface area contributed by atoms with E-state index in [0.29, 0.717) is 12.6 Å². The van der Waals surface area contributed by atoms with Gasteiger partial charge in [0.1, 0.15) is 5.82 Å². The summed E-state index contributed by atoms with van der Waals surface area (Å²) in [5.74, 6) is 0.979. The lowest BCUT2D eigenvalue weighted by Crippen LogP contribution is -2.44. The zero-order chi connectivity index (χ0) is 19.3. The molecule has 1 aliphatic heterocycles. The highest BCUT2D eigenvalue weighted by Gasteiger charge is 2.26. The molecule has 1 fully saturated rings. The van der Waals surface area contributed by atoms with Crippen LogP contribution in [-0.2, 0) is 6.54 Å². The molecule has 3 heterocycles. The van der Waals surface area contributed by atoms with Gasteiger partial charge in [-0.15, -0.1) is 0 Å². The quantitative estimate of drug-likeness (QED) is 0.754. The number of hydrogen-bond acceptors (Lipinski definition) is 3. The minimum absolute atomic E-state index is 0.0130. The SMILES string of the molecule is Cc1cnc(-c2ccncc2)n1C1CCN(C(=O)NCc2ccccc2)CC1. The molecule has 6 nitrogen and oxygen atoms in total. The summed E-state index contributed by atoms with van der Waals surface area (Å²) in [7, 11) is 0. The second-order valence-electron chi connectivity index (χ2n) is 7.19. The molecule has 1 N–H and O–H groups in total. The van der Waals surface area contributed by atoms with Gasteiger partial charge in [-0.25, -0.2) is 9.78 Å². The molecule has 0 unspecified atom stereocenters. The van der Waals surface area contributed by atoms with Crippen LogP contribution in [-0.4, -0.2) is 38.6 Å². The summed E-state index contributed by atoms with van der Waals surface area (Å²) in [6, 6.07) is 14.3. The van der Waals surface area contributed by atoms with Gasteiger partial charge in [-0.1, -0.05) is 30.3 Å². The number of aryl methyl sites for hydroxylation is 1. The Morgan fingerprint density at radius 1 is 1.11 bits per heavy atom. The molecule has 0 bridgehead atoms. The van der Waals surface area contributed by atoms with E-state index in [-0.39, 0.29) is 6.03 Å². The van der Waals surface area contributed by atoms with E-state index in [4.69, 9.17) is 0 Å². The summed E-state index contributed by atoms with van der Waals surface area (Å²) in [5.41, 5.74) is 3.34. The van der Waals surface area contributed by atoms with E-state index >= 15 is 0 Å². The molecular formula is C22H25N5O. The maximum absolute atomic E-state index is 12.5. The van der Waals surface area contributed by atoms with Gasteiger partial charge in [0.05, 0.1) is 0 Å². The Balaban J connectivity index is 1.38. The first-order valence-corrected chi connectivity index (χ1v) is 9.73. The van der Waals surface area contributed by atoms with Crippen LogP contribution in [0.15, 0.2) is 61.1 Å². The number of carbonyl (C=O) groups excluding carboxylic acids is 1. The van der Waals surface area contributed by atoms with Gasteiger partial charge in [0, 0.05) is 55.5 Å². The van der Waals surface area contributed by atoms with Crippen molar-refractivity contribution >= 4 is 6.03 Å². The predicted octanol–water partition coefficient (Wildman–Crippen LogP) is 3.80. The molecule has 0 saturated carbocycles. The highest BCUT2D eigenvalue weighted by Crippen LogP contribution is 2.30. The second-order valence-corrected chi connectivity index (χ2v) is 7.19. The topological polar surface area (TPSA) is 63.1 Å². The molecule has 28 heavy (non-hydrogen) atoms. The Bertz CT molecular complexity index is 915. The minimum Gasteiger partial charge on any atom is -0.334 e. The van der Waals surface area contributed by atoms with Crippen LogP contribution in [0.1, 0.15) is 30.1 Å². The van der Waals surface area contributed by atoms with Crippen LogP contribution in [0, 0.1) is 6.92 Å². The third-order valence-corrected chi connectivity index (χ3v) is 5.32. The lowest BCUT2D eigenvalue weighted by molar-refractivity contribution is 0.171. The van der Waals surface area contributed by atoms with Gasteiger partial charge >= 0.3 is 6.03 Å². The van der Waals surface area contributed by atoms with Crippen molar-refractivity contribution in [3.8, 4) is 11.4 Å². The van der Waals surface area contributed by atoms with Crippen molar-refractivity contribution in [2.24, 2.45) is 0 Å². The van der Waals surface area contributed by atoms with E-state index in [1.165, 1.54) is 0 Å². The van der Waals surface area contributed by atoms with Crippen molar-refractivity contribution in [2.75, 3.05) is 13.1 Å². The van der Waals surface area contributed by atoms with Crippen LogP contribution in [0.3, 0.4) is 0 Å². The third-order valence-electron chi connectivity index (χ3n) is 5.32. The van der Waals surface area contributed by atoms with Crippen molar-refractivity contribution < 1.29 is 4.79 Å². The Labute approximate surface area is 165 Å². The minimum atomic E-state index is 0.0130. The number of carbonyl (C=O) groups is 1. The number of nitrogens with zero attached hydrogens (tertiary/aromatic N) is 4. The first-order chi connectivity index (χ1) is 13.7. The molecule has 4 rings (SSSR count). The number of piperidine rings is 1. The normalized spacial score (nSPS) is 14.8. The molecule has 6 heteroatoms. The van der Waals surface area contributed by atoms with Crippen LogP contribution in [0.5, 0.6) is 0 Å². The largest absolute Gasteiger partial charge is 0.334 e. The molecule has 1 aliphatic rings. The van der Waals surface area contributed by atoms with Gasteiger partial charge in [-0.05, 0) is 37.5 Å². The van der Waals surface area contributed by atoms with E-state index in [0.717, 1.165) is 48.6 Å². The molecule has 0 aliphatic carbocycles. The number of likely N-dealkylation sites (tertiary alicyclic amines) is 1. The number of nitrogens with one attached hydrogen (secondary N) is 1. The highest BCUT2D eigenvalue weighted by atomic mass is 16.2. The number of imidazole rings is 1. The van der Waals surface area contributed by atoms with Gasteiger partial charge in [-0.2, -0.15) is 0 Å². The molecule has 0 radical (unpaired) electrons. The summed E-state index contributed by atoms with van der Waals surface area (Å²) >= 11 is 0. The summed E-state index contributed by atoms with van der Waals surface area (Å²) in [4.78, 5) is 23.1. The standard InChI is InChI=1S/C22H25N5O/c1-17-15-24-21(19-7-11-23-12-8-19)27(17)20-9-13-26(14-10-20)22(28)25-16-18-5-3-2-4-6-18/h2-8,11-12,15,20H,9-10,13-14,16H2,1H3,(H,25,28). The van der Waals surface area contributed by atoms with Crippen molar-refractivity contribution in [1.82, 2.24) is 24.8 Å². The fourth-order valence-corrected chi connectivity index (χ4v) is 3.83. The maximum atomic E-state index is 12.5. The smallest absolute Gasteiger partial charge is 0.317 e. The number of benzene rings is 1. The average Bonchev–Trinajstić information content (AvgIpc) is 3.15. The number of rotatable bonds is 4. The Morgan fingerprint density at radius 2 is 1.82 bits per heavy atom. The maximum Gasteiger partial charge on any atom is 0.317 e. The van der Waals surface area contributed by atoms with E-state index in [9.17, 15) is 4.79 Å². The molecule has 1 saturated heterocycles. The van der Waals surface area contributed by atoms with Crippen molar-refractivity contribution in [3.05, 3.63) is 72.3 Å². The molecule has 3 aromatic rings. The Kier molecular flexibility index (Phi) is 5.37. The Morgan fingerprint density at radius 3 is 2.54 bits per heavy atom. The van der Waals surface area contributed by atoms with Crippen molar-refractivity contribution in [2.45, 2.75) is 32.4 Å².